The van der Waals surface area contributed by atoms with Crippen LogP contribution in [-0.4, -0.2) is 34.4 Å². The number of phenolic OH excluding ortho intramolecular Hbond substituents is 1. The Balaban J connectivity index is 2.51. The highest BCUT2D eigenvalue weighted by Crippen LogP contribution is 2.35. The van der Waals surface area contributed by atoms with Gasteiger partial charge in [0, 0.05) is 5.70 Å². The lowest BCUT2D eigenvalue weighted by molar-refractivity contribution is -0.139. The van der Waals surface area contributed by atoms with Gasteiger partial charge in [-0.05, 0) is 50.7 Å². The summed E-state index contributed by atoms with van der Waals surface area (Å²) in [6.07, 6.45) is 0. The van der Waals surface area contributed by atoms with E-state index < -0.39 is 12.0 Å². The Morgan fingerprint density at radius 1 is 1.42 bits per heavy atom. The quantitative estimate of drug-likeness (QED) is 0.419. The molecular weight excluding hydrogens is 330 g/mol. The van der Waals surface area contributed by atoms with E-state index in [4.69, 9.17) is 27.5 Å². The molecule has 0 radical (unpaired) electrons. The van der Waals surface area contributed by atoms with Gasteiger partial charge in [-0.3, -0.25) is 5.01 Å². The second-order valence-corrected chi connectivity index (χ2v) is 5.52. The van der Waals surface area contributed by atoms with Gasteiger partial charge in [0.15, 0.2) is 16.6 Å². The molecule has 0 aromatic heterocycles. The minimum Gasteiger partial charge on any atom is -0.504 e. The number of nitrogens with two attached hydrogens (primary N) is 1. The number of rotatable bonds is 5. The SMILES string of the molecule is CCOC(=O)C1=C(C)N(N)C(=S)N[C@H]1c1ccc(O)c(OCC)c1. The third kappa shape index (κ3) is 3.44. The molecule has 2 rings (SSSR count). The molecule has 0 saturated heterocycles. The summed E-state index contributed by atoms with van der Waals surface area (Å²) in [5, 5.41) is 14.4. The summed E-state index contributed by atoms with van der Waals surface area (Å²) >= 11 is 5.22. The maximum absolute atomic E-state index is 12.4. The van der Waals surface area contributed by atoms with Crippen LogP contribution in [0.25, 0.3) is 0 Å². The molecule has 4 N–H and O–H groups in total. The smallest absolute Gasteiger partial charge is 0.338 e. The fourth-order valence-electron chi connectivity index (χ4n) is 2.46. The van der Waals surface area contributed by atoms with E-state index in [0.29, 0.717) is 29.2 Å². The summed E-state index contributed by atoms with van der Waals surface area (Å²) in [5.41, 5.74) is 1.57. The molecule has 1 aromatic rings. The first-order chi connectivity index (χ1) is 11.4. The zero-order valence-corrected chi connectivity index (χ0v) is 14.6. The Kier molecular flexibility index (Phi) is 5.63. The number of nitrogens with zero attached hydrogens (tertiary/aromatic N) is 1. The number of hydrazine groups is 1. The number of carbonyl (C=O) groups excluding carboxylic acids is 1. The Morgan fingerprint density at radius 3 is 2.75 bits per heavy atom. The van der Waals surface area contributed by atoms with Crippen molar-refractivity contribution < 1.29 is 19.4 Å². The summed E-state index contributed by atoms with van der Waals surface area (Å²) in [6, 6.07) is 4.32. The van der Waals surface area contributed by atoms with E-state index in [-0.39, 0.29) is 17.5 Å². The number of hydrogen-bond donors (Lipinski definition) is 3. The van der Waals surface area contributed by atoms with Crippen LogP contribution in [0.3, 0.4) is 0 Å². The molecule has 0 amide bonds. The summed E-state index contributed by atoms with van der Waals surface area (Å²) in [6.45, 7) is 5.91. The van der Waals surface area contributed by atoms with Crippen molar-refractivity contribution in [1.29, 1.82) is 0 Å². The van der Waals surface area contributed by atoms with Gasteiger partial charge in [-0.25, -0.2) is 10.6 Å². The lowest BCUT2D eigenvalue weighted by Crippen LogP contribution is -2.50. The molecule has 8 heteroatoms. The molecule has 0 saturated carbocycles. The lowest BCUT2D eigenvalue weighted by Gasteiger charge is -2.34. The molecule has 1 heterocycles. The van der Waals surface area contributed by atoms with Crippen molar-refractivity contribution in [1.82, 2.24) is 10.3 Å². The molecule has 1 aliphatic rings. The van der Waals surface area contributed by atoms with Crippen molar-refractivity contribution in [3.8, 4) is 11.5 Å². The van der Waals surface area contributed by atoms with E-state index in [1.54, 1.807) is 26.0 Å². The zero-order valence-electron chi connectivity index (χ0n) is 13.8. The number of benzene rings is 1. The monoisotopic (exact) mass is 351 g/mol. The number of nitrogens with one attached hydrogen (secondary N) is 1. The van der Waals surface area contributed by atoms with E-state index >= 15 is 0 Å². The topological polar surface area (TPSA) is 97.1 Å². The van der Waals surface area contributed by atoms with E-state index in [2.05, 4.69) is 5.32 Å². The minimum absolute atomic E-state index is 0.0258. The molecule has 0 spiro atoms. The first-order valence-electron chi connectivity index (χ1n) is 7.59. The largest absolute Gasteiger partial charge is 0.504 e. The summed E-state index contributed by atoms with van der Waals surface area (Å²) in [4.78, 5) is 12.4. The Morgan fingerprint density at radius 2 is 2.12 bits per heavy atom. The zero-order chi connectivity index (χ0) is 17.9. The van der Waals surface area contributed by atoms with Gasteiger partial charge in [-0.2, -0.15) is 0 Å². The number of esters is 1. The van der Waals surface area contributed by atoms with Crippen LogP contribution in [0.1, 0.15) is 32.4 Å². The van der Waals surface area contributed by atoms with Crippen LogP contribution in [-0.2, 0) is 9.53 Å². The van der Waals surface area contributed by atoms with E-state index in [1.807, 2.05) is 6.92 Å². The Hall–Kier alpha value is -2.32. The van der Waals surface area contributed by atoms with Crippen LogP contribution in [0.15, 0.2) is 29.5 Å². The molecule has 0 unspecified atom stereocenters. The molecule has 0 fully saturated rings. The van der Waals surface area contributed by atoms with Crippen molar-refractivity contribution in [2.75, 3.05) is 13.2 Å². The van der Waals surface area contributed by atoms with Gasteiger partial charge in [0.25, 0.3) is 0 Å². The molecule has 24 heavy (non-hydrogen) atoms. The van der Waals surface area contributed by atoms with Gasteiger partial charge in [-0.1, -0.05) is 6.07 Å². The molecule has 7 nitrogen and oxygen atoms in total. The molecule has 0 bridgehead atoms. The number of aromatic hydroxyl groups is 1. The van der Waals surface area contributed by atoms with Gasteiger partial charge in [0.05, 0.1) is 24.8 Å². The van der Waals surface area contributed by atoms with Crippen LogP contribution < -0.4 is 15.9 Å². The average molecular weight is 351 g/mol. The van der Waals surface area contributed by atoms with Crippen LogP contribution in [0.5, 0.6) is 11.5 Å². The van der Waals surface area contributed by atoms with E-state index in [9.17, 15) is 9.90 Å². The average Bonchev–Trinajstić information content (AvgIpc) is 2.54. The van der Waals surface area contributed by atoms with Crippen molar-refractivity contribution in [3.05, 3.63) is 35.0 Å². The van der Waals surface area contributed by atoms with Crippen LogP contribution in [0.2, 0.25) is 0 Å². The van der Waals surface area contributed by atoms with Gasteiger partial charge >= 0.3 is 5.97 Å². The first-order valence-corrected chi connectivity index (χ1v) is 8.00. The molecular formula is C16H21N3O4S. The number of thiocarbonyl (C=S) groups is 1. The second kappa shape index (κ2) is 7.50. The van der Waals surface area contributed by atoms with Crippen molar-refractivity contribution >= 4 is 23.3 Å². The van der Waals surface area contributed by atoms with Crippen LogP contribution >= 0.6 is 12.2 Å². The van der Waals surface area contributed by atoms with Gasteiger partial charge in [-0.15, -0.1) is 0 Å². The molecule has 1 aliphatic heterocycles. The van der Waals surface area contributed by atoms with E-state index in [0.717, 1.165) is 0 Å². The number of ether oxygens (including phenoxy) is 2. The second-order valence-electron chi connectivity index (χ2n) is 5.13. The predicted octanol–water partition coefficient (Wildman–Crippen LogP) is 1.73. The van der Waals surface area contributed by atoms with Crippen LogP contribution in [0.4, 0.5) is 0 Å². The standard InChI is InChI=1S/C16H21N3O4S/c1-4-22-12-8-10(6-7-11(12)20)14-13(15(21)23-5-2)9(3)19(17)16(24)18-14/h6-8,14,20H,4-5,17H2,1-3H3,(H,18,24)/t14-/m0/s1. The van der Waals surface area contributed by atoms with Crippen molar-refractivity contribution in [2.45, 2.75) is 26.8 Å². The van der Waals surface area contributed by atoms with E-state index in [1.165, 1.54) is 11.1 Å². The number of phenols is 1. The molecule has 1 aromatic carbocycles. The fourth-order valence-corrected chi connectivity index (χ4v) is 2.72. The van der Waals surface area contributed by atoms with Crippen LogP contribution in [0, 0.1) is 0 Å². The maximum atomic E-state index is 12.4. The first kappa shape index (κ1) is 18.0. The number of carbonyl (C=O) groups is 1. The number of hydrogen-bond acceptors (Lipinski definition) is 6. The normalized spacial score (nSPS) is 17.6. The third-order valence-electron chi connectivity index (χ3n) is 3.64. The van der Waals surface area contributed by atoms with Gasteiger partial charge < -0.3 is 19.9 Å². The molecule has 130 valence electrons. The lowest BCUT2D eigenvalue weighted by atomic mass is 9.95. The van der Waals surface area contributed by atoms with Crippen molar-refractivity contribution in [3.63, 3.8) is 0 Å². The van der Waals surface area contributed by atoms with Crippen molar-refractivity contribution in [2.24, 2.45) is 5.84 Å². The summed E-state index contributed by atoms with van der Waals surface area (Å²) in [7, 11) is 0. The Bertz CT molecular complexity index is 690. The molecule has 1 atom stereocenters. The predicted molar refractivity (Wildman–Crippen MR) is 93.1 cm³/mol. The number of allylic oxidation sites excluding steroid dienone is 1. The summed E-state index contributed by atoms with van der Waals surface area (Å²) in [5.74, 6) is 5.77. The maximum Gasteiger partial charge on any atom is 0.338 e. The minimum atomic E-state index is -0.545. The molecule has 0 aliphatic carbocycles. The highest BCUT2D eigenvalue weighted by molar-refractivity contribution is 7.80. The Labute approximate surface area is 146 Å². The van der Waals surface area contributed by atoms with Gasteiger partial charge in [0.2, 0.25) is 0 Å². The van der Waals surface area contributed by atoms with Gasteiger partial charge in [0.1, 0.15) is 0 Å². The third-order valence-corrected chi connectivity index (χ3v) is 3.95. The summed E-state index contributed by atoms with van der Waals surface area (Å²) < 4.78 is 10.6. The fraction of sp³-hybridized carbons (Fsp3) is 0.375. The highest BCUT2D eigenvalue weighted by atomic mass is 32.1. The highest BCUT2D eigenvalue weighted by Gasteiger charge is 2.34.